The van der Waals surface area contributed by atoms with Crippen LogP contribution in [0.5, 0.6) is 0 Å². The molecule has 0 atom stereocenters. The summed E-state index contributed by atoms with van der Waals surface area (Å²) in [5, 5.41) is 0. The molecule has 196 valence electrons. The van der Waals surface area contributed by atoms with Crippen molar-refractivity contribution in [2.45, 2.75) is 43.9 Å². The molecule has 0 unspecified atom stereocenters. The Balaban J connectivity index is 1.30. The first-order chi connectivity index (χ1) is 19.5. The van der Waals surface area contributed by atoms with Crippen LogP contribution in [0.3, 0.4) is 0 Å². The minimum atomic E-state index is -0.206. The van der Waals surface area contributed by atoms with Crippen LogP contribution in [0.2, 0.25) is 0 Å². The lowest BCUT2D eigenvalue weighted by Gasteiger charge is -2.54. The fraction of sp³-hybridized carbons (Fsp3) is 0.235. The Labute approximate surface area is 231 Å². The molecule has 10 bridgehead atoms. The molecule has 3 fully saturated rings. The molecule has 40 heavy (non-hydrogen) atoms. The number of allylic oxidation sites excluding steroid dienone is 4. The van der Waals surface area contributed by atoms with Crippen LogP contribution in [-0.4, -0.2) is 31.5 Å². The van der Waals surface area contributed by atoms with Gasteiger partial charge in [0.05, 0.1) is 22.8 Å². The Morgan fingerprint density at radius 2 is 1.07 bits per heavy atom. The summed E-state index contributed by atoms with van der Waals surface area (Å²) in [6.07, 6.45) is 18.4. The first kappa shape index (κ1) is 23.3. The van der Waals surface area contributed by atoms with Gasteiger partial charge in [-0.1, -0.05) is 0 Å². The summed E-state index contributed by atoms with van der Waals surface area (Å²) in [5.74, 6) is -0.0752. The third kappa shape index (κ3) is 3.70. The molecule has 0 saturated heterocycles. The van der Waals surface area contributed by atoms with Crippen LogP contribution in [-0.2, 0) is 15.0 Å². The normalized spacial score (nSPS) is 25.1. The van der Waals surface area contributed by atoms with Crippen LogP contribution in [0, 0.1) is 5.41 Å². The van der Waals surface area contributed by atoms with Crippen molar-refractivity contribution < 1.29 is 9.59 Å². The lowest BCUT2D eigenvalue weighted by atomic mass is 9.49. The minimum Gasteiger partial charge on any atom is -0.355 e. The lowest BCUT2D eigenvalue weighted by molar-refractivity contribution is -0.116. The van der Waals surface area contributed by atoms with Gasteiger partial charge in [0.15, 0.2) is 11.6 Å². The van der Waals surface area contributed by atoms with Gasteiger partial charge in [0.25, 0.3) is 0 Å². The van der Waals surface area contributed by atoms with Gasteiger partial charge in [0.1, 0.15) is 0 Å². The quantitative estimate of drug-likeness (QED) is 0.246. The van der Waals surface area contributed by atoms with E-state index in [1.807, 2.05) is 0 Å². The predicted molar refractivity (Wildman–Crippen MR) is 158 cm³/mol. The fourth-order valence-corrected chi connectivity index (χ4v) is 7.44. The van der Waals surface area contributed by atoms with E-state index in [0.717, 1.165) is 88.9 Å². The molecule has 0 radical (unpaired) electrons. The van der Waals surface area contributed by atoms with Crippen molar-refractivity contribution in [2.75, 3.05) is 0 Å². The number of rotatable bonds is 2. The summed E-state index contributed by atoms with van der Waals surface area (Å²) < 4.78 is 0. The second-order valence-corrected chi connectivity index (χ2v) is 11.8. The maximum Gasteiger partial charge on any atom is 0.182 e. The SMILES string of the molecule is O=C1C=CC(=O)C(C23CCC(c4c5nc(cc6ccc(cc7ccc(cc8nc4C=C8)[nH]7)[nH]6)C=C5)(CC2)CC3)=C1. The number of carbonyl (C=O) groups excluding carboxylic acids is 2. The number of H-pyrrole nitrogens is 2. The van der Waals surface area contributed by atoms with Crippen molar-refractivity contribution in [1.82, 2.24) is 19.9 Å². The predicted octanol–water partition coefficient (Wildman–Crippen LogP) is 6.88. The summed E-state index contributed by atoms with van der Waals surface area (Å²) in [6.45, 7) is 0. The zero-order valence-corrected chi connectivity index (χ0v) is 22.0. The number of aromatic amines is 2. The number of hydrogen-bond donors (Lipinski definition) is 2. The molecule has 3 aromatic rings. The van der Waals surface area contributed by atoms with Crippen LogP contribution < -0.4 is 0 Å². The number of carbonyl (C=O) groups is 2. The summed E-state index contributed by atoms with van der Waals surface area (Å²) >= 11 is 0. The van der Waals surface area contributed by atoms with Crippen molar-refractivity contribution in [2.24, 2.45) is 5.41 Å². The first-order valence-electron chi connectivity index (χ1n) is 14.0. The highest BCUT2D eigenvalue weighted by atomic mass is 16.1. The van der Waals surface area contributed by atoms with E-state index in [-0.39, 0.29) is 22.4 Å². The van der Waals surface area contributed by atoms with Gasteiger partial charge in [0, 0.05) is 33.2 Å². The zero-order valence-electron chi connectivity index (χ0n) is 22.0. The molecule has 3 saturated carbocycles. The summed E-state index contributed by atoms with van der Waals surface area (Å²) in [5.41, 5.74) is 9.48. The molecular weight excluding hydrogens is 496 g/mol. The van der Waals surface area contributed by atoms with E-state index >= 15 is 0 Å². The van der Waals surface area contributed by atoms with Gasteiger partial charge < -0.3 is 9.97 Å². The summed E-state index contributed by atoms with van der Waals surface area (Å²) in [6, 6.07) is 14.6. The van der Waals surface area contributed by atoms with Crippen molar-refractivity contribution in [3.8, 4) is 0 Å². The monoisotopic (exact) mass is 524 g/mol. The Morgan fingerprint density at radius 3 is 1.62 bits per heavy atom. The number of nitrogens with one attached hydrogen (secondary N) is 2. The third-order valence-corrected chi connectivity index (χ3v) is 9.51. The molecule has 4 aliphatic carbocycles. The molecule has 9 rings (SSSR count). The van der Waals surface area contributed by atoms with Gasteiger partial charge in [0.2, 0.25) is 0 Å². The van der Waals surface area contributed by atoms with Crippen molar-refractivity contribution in [1.29, 1.82) is 0 Å². The molecular formula is C34H28N4O2. The van der Waals surface area contributed by atoms with Crippen LogP contribution in [0.25, 0.3) is 46.4 Å². The third-order valence-electron chi connectivity index (χ3n) is 9.51. The van der Waals surface area contributed by atoms with Crippen molar-refractivity contribution >= 4 is 57.9 Å². The Hall–Kier alpha value is -4.58. The number of ketones is 2. The average Bonchev–Trinajstić information content (AvgIpc) is 3.78. The van der Waals surface area contributed by atoms with Crippen molar-refractivity contribution in [3.05, 3.63) is 94.6 Å². The van der Waals surface area contributed by atoms with Gasteiger partial charge in [-0.2, -0.15) is 0 Å². The second-order valence-electron chi connectivity index (χ2n) is 11.8. The average molecular weight is 525 g/mol. The van der Waals surface area contributed by atoms with Gasteiger partial charge >= 0.3 is 0 Å². The number of hydrogen-bond acceptors (Lipinski definition) is 4. The maximum absolute atomic E-state index is 12.8. The summed E-state index contributed by atoms with van der Waals surface area (Å²) in [4.78, 5) is 42.2. The second kappa shape index (κ2) is 8.46. The van der Waals surface area contributed by atoms with E-state index < -0.39 is 0 Å². The highest BCUT2D eigenvalue weighted by Crippen LogP contribution is 2.61. The minimum absolute atomic E-state index is 0.000305. The van der Waals surface area contributed by atoms with Gasteiger partial charge in [-0.15, -0.1) is 0 Å². The highest BCUT2D eigenvalue weighted by molar-refractivity contribution is 6.18. The van der Waals surface area contributed by atoms with Crippen LogP contribution in [0.1, 0.15) is 66.9 Å². The molecule has 0 aromatic carbocycles. The van der Waals surface area contributed by atoms with Crippen LogP contribution in [0.4, 0.5) is 0 Å². The standard InChI is InChI=1S/C34H28N4O2/c39-27-7-10-31(40)28(20-27)33-11-14-34(15-12-33,16-13-33)32-29-8-5-25(37-29)18-23-3-1-21(35-23)17-22-2-4-24(36-22)19-26-6-9-30(32)38-26/h1-10,17-20,35-36H,11-16H2. The molecule has 6 aliphatic rings. The maximum atomic E-state index is 12.8. The molecule has 3 aromatic heterocycles. The van der Waals surface area contributed by atoms with Gasteiger partial charge in [-0.3, -0.25) is 9.59 Å². The zero-order chi connectivity index (χ0) is 26.9. The van der Waals surface area contributed by atoms with Gasteiger partial charge in [-0.05, 0) is 134 Å². The van der Waals surface area contributed by atoms with E-state index in [0.29, 0.717) is 0 Å². The Morgan fingerprint density at radius 1 is 0.575 bits per heavy atom. The van der Waals surface area contributed by atoms with E-state index in [2.05, 4.69) is 76.7 Å². The van der Waals surface area contributed by atoms with Crippen LogP contribution >= 0.6 is 0 Å². The number of aromatic nitrogens is 4. The fourth-order valence-electron chi connectivity index (χ4n) is 7.44. The molecule has 0 amide bonds. The molecule has 2 N–H and O–H groups in total. The molecule has 2 aliphatic heterocycles. The van der Waals surface area contributed by atoms with Crippen LogP contribution in [0.15, 0.2) is 66.3 Å². The smallest absolute Gasteiger partial charge is 0.182 e. The van der Waals surface area contributed by atoms with E-state index in [9.17, 15) is 9.59 Å². The topological polar surface area (TPSA) is 91.5 Å². The highest BCUT2D eigenvalue weighted by Gasteiger charge is 2.53. The molecule has 6 nitrogen and oxygen atoms in total. The number of nitrogens with zero attached hydrogens (tertiary/aromatic N) is 2. The molecule has 5 heterocycles. The van der Waals surface area contributed by atoms with Crippen molar-refractivity contribution in [3.63, 3.8) is 0 Å². The molecule has 6 heteroatoms. The largest absolute Gasteiger partial charge is 0.355 e. The van der Waals surface area contributed by atoms with E-state index in [1.165, 1.54) is 17.7 Å². The Bertz CT molecular complexity index is 1800. The van der Waals surface area contributed by atoms with E-state index in [4.69, 9.17) is 9.97 Å². The lowest BCUT2D eigenvalue weighted by Crippen LogP contribution is -2.47. The summed E-state index contributed by atoms with van der Waals surface area (Å²) in [7, 11) is 0. The Kier molecular flexibility index (Phi) is 4.93. The van der Waals surface area contributed by atoms with E-state index in [1.54, 1.807) is 6.08 Å². The van der Waals surface area contributed by atoms with Gasteiger partial charge in [-0.25, -0.2) is 9.97 Å². The molecule has 0 spiro atoms. The first-order valence-corrected chi connectivity index (χ1v) is 14.0. The number of fused-ring (bicyclic) bond motifs is 11.